The van der Waals surface area contributed by atoms with Gasteiger partial charge in [0.2, 0.25) is 0 Å². The minimum Gasteiger partial charge on any atom is -0.495 e. The van der Waals surface area contributed by atoms with E-state index in [9.17, 15) is 22.3 Å². The molecule has 0 saturated carbocycles. The van der Waals surface area contributed by atoms with Crippen molar-refractivity contribution in [2.24, 2.45) is 53.0 Å². The van der Waals surface area contributed by atoms with E-state index in [-0.39, 0.29) is 21.2 Å². The zero-order valence-electron chi connectivity index (χ0n) is 79.0. The number of hydrogen-bond acceptors (Lipinski definition) is 23. The quantitative estimate of drug-likeness (QED) is 0.0505. The second-order valence-corrected chi connectivity index (χ2v) is 41.4. The largest absolute Gasteiger partial charge is 0.495 e. The van der Waals surface area contributed by atoms with Crippen LogP contribution in [0.25, 0.3) is 0 Å². The number of nitriles is 8. The summed E-state index contributed by atoms with van der Waals surface area (Å²) in [4.78, 5) is 47.8. The second kappa shape index (κ2) is 57.9. The van der Waals surface area contributed by atoms with Gasteiger partial charge in [0.1, 0.15) is 71.2 Å². The van der Waals surface area contributed by atoms with Crippen LogP contribution < -0.4 is 4.74 Å². The van der Waals surface area contributed by atoms with E-state index < -0.39 is 35.0 Å². The molecule has 0 aliphatic carbocycles. The van der Waals surface area contributed by atoms with E-state index in [0.29, 0.717) is 117 Å². The van der Waals surface area contributed by atoms with Gasteiger partial charge >= 0.3 is 0 Å². The van der Waals surface area contributed by atoms with Gasteiger partial charge in [0.25, 0.3) is 0 Å². The molecule has 1 aliphatic heterocycles. The Hall–Kier alpha value is -13.2. The molecule has 8 aromatic rings. The van der Waals surface area contributed by atoms with Crippen molar-refractivity contribution < 1.29 is 21.8 Å². The van der Waals surface area contributed by atoms with Crippen LogP contribution in [0.2, 0.25) is 15.1 Å². The first-order chi connectivity index (χ1) is 62.3. The zero-order valence-corrected chi connectivity index (χ0v) is 86.9. The highest BCUT2D eigenvalue weighted by Gasteiger charge is 2.19. The predicted octanol–water partition coefficient (Wildman–Crippen LogP) is 20.7. The van der Waals surface area contributed by atoms with Crippen molar-refractivity contribution in [1.29, 1.82) is 42.1 Å². The first kappa shape index (κ1) is 116. The third-order valence-electron chi connectivity index (χ3n) is 15.7. The average molecular weight is 2050 g/mol. The van der Waals surface area contributed by atoms with E-state index in [1.54, 1.807) is 150 Å². The number of hydrogen-bond donors (Lipinski definition) is 0. The molecule has 1 fully saturated rings. The first-order valence-corrected chi connectivity index (χ1v) is 48.7. The minimum atomic E-state index is -2.29. The molecule has 0 spiro atoms. The molecule has 1 saturated heterocycles. The third kappa shape index (κ3) is 43.6. The fourth-order valence-electron chi connectivity index (χ4n) is 10.2. The van der Waals surface area contributed by atoms with E-state index in [1.807, 2.05) is 215 Å². The summed E-state index contributed by atoms with van der Waals surface area (Å²) in [6.07, 6.45) is 21.0. The number of nitrogens with zero attached hydrogens (tertiary/aromatic N) is 27. The van der Waals surface area contributed by atoms with Crippen LogP contribution >= 0.6 is 66.7 Å². The Morgan fingerprint density at radius 3 is 1.03 bits per heavy atom. The summed E-state index contributed by atoms with van der Waals surface area (Å²) < 4.78 is 68.2. The van der Waals surface area contributed by atoms with Gasteiger partial charge in [-0.05, 0) is 186 Å². The van der Waals surface area contributed by atoms with Gasteiger partial charge in [-0.1, -0.05) is 53.0 Å². The summed E-state index contributed by atoms with van der Waals surface area (Å²) in [5, 5.41) is 73.0. The summed E-state index contributed by atoms with van der Waals surface area (Å²) in [6.45, 7) is 7.64. The van der Waals surface area contributed by atoms with Crippen LogP contribution in [0.4, 0.5) is 67.0 Å². The number of halogens is 6. The van der Waals surface area contributed by atoms with Gasteiger partial charge in [0.15, 0.2) is 0 Å². The van der Waals surface area contributed by atoms with Crippen LogP contribution in [0.1, 0.15) is 79.6 Å². The van der Waals surface area contributed by atoms with Crippen molar-refractivity contribution in [3.63, 3.8) is 0 Å². The highest BCUT2D eigenvalue weighted by Crippen LogP contribution is 2.38. The molecular formula is C93H109Br2Cl3FN27O4S3. The summed E-state index contributed by atoms with van der Waals surface area (Å²) in [5.74, 6) is 1.29. The molecular weight excluding hydrogens is 1940 g/mol. The molecule has 40 heteroatoms. The molecule has 1 aliphatic rings. The number of methoxy groups -OCH3 is 1. The van der Waals surface area contributed by atoms with E-state index >= 15 is 0 Å². The normalized spacial score (nSPS) is 11.6. The van der Waals surface area contributed by atoms with E-state index in [0.717, 1.165) is 45.3 Å². The molecule has 8 aromatic carbocycles. The lowest BCUT2D eigenvalue weighted by atomic mass is 10.0. The van der Waals surface area contributed by atoms with Gasteiger partial charge in [0.05, 0.1) is 179 Å². The fourth-order valence-corrected chi connectivity index (χ4v) is 15.3. The first-order valence-electron chi connectivity index (χ1n) is 39.5. The Morgan fingerprint density at radius 2 is 0.662 bits per heavy atom. The van der Waals surface area contributed by atoms with Crippen LogP contribution in [-0.2, 0) is 29.2 Å². The highest BCUT2D eigenvalue weighted by molar-refractivity contribution is 9.10. The van der Waals surface area contributed by atoms with Crippen molar-refractivity contribution in [2.75, 3.05) is 156 Å². The van der Waals surface area contributed by atoms with Crippen molar-refractivity contribution in [2.45, 2.75) is 40.5 Å². The number of aliphatic imine (C=N–C) groups is 8. The van der Waals surface area contributed by atoms with Crippen LogP contribution in [0.3, 0.4) is 0 Å². The maximum Gasteiger partial charge on any atom is 0.143 e. The monoisotopic (exact) mass is 2050 g/mol. The Kier molecular flexibility index (Phi) is 50.5. The number of rotatable bonds is 20. The molecule has 0 unspecified atom stereocenters. The Bertz CT molecular complexity index is 6140. The third-order valence-corrected chi connectivity index (χ3v) is 21.6. The summed E-state index contributed by atoms with van der Waals surface area (Å²) in [5.41, 5.74) is 12.8. The molecule has 0 N–H and O–H groups in total. The van der Waals surface area contributed by atoms with E-state index in [1.165, 1.54) is 31.0 Å². The van der Waals surface area contributed by atoms with Crippen molar-refractivity contribution in [3.8, 4) is 54.3 Å². The second-order valence-electron chi connectivity index (χ2n) is 30.8. The van der Waals surface area contributed by atoms with Crippen LogP contribution in [0.15, 0.2) is 171 Å². The van der Waals surface area contributed by atoms with E-state index in [2.05, 4.69) is 109 Å². The van der Waals surface area contributed by atoms with Gasteiger partial charge in [-0.3, -0.25) is 0 Å². The smallest absolute Gasteiger partial charge is 0.143 e. The van der Waals surface area contributed by atoms with E-state index in [4.69, 9.17) is 76.4 Å². The predicted molar refractivity (Wildman–Crippen MR) is 553 cm³/mol. The van der Waals surface area contributed by atoms with Crippen LogP contribution in [-0.4, -0.2) is 259 Å². The molecule has 0 radical (unpaired) electrons. The van der Waals surface area contributed by atoms with Gasteiger partial charge in [-0.25, -0.2) is 57.0 Å². The molecule has 133 heavy (non-hydrogen) atoms. The minimum absolute atomic E-state index is 0.0151. The maximum atomic E-state index is 13.3. The Morgan fingerprint density at radius 1 is 0.368 bits per heavy atom. The lowest BCUT2D eigenvalue weighted by Gasteiger charge is -2.08. The molecule has 0 aromatic heterocycles. The van der Waals surface area contributed by atoms with Crippen molar-refractivity contribution in [1.82, 2.24) is 39.2 Å². The molecule has 700 valence electrons. The summed E-state index contributed by atoms with van der Waals surface area (Å²) in [7, 11) is 24.5. The van der Waals surface area contributed by atoms with Gasteiger partial charge in [-0.15, -0.1) is 0 Å². The van der Waals surface area contributed by atoms with Gasteiger partial charge in [-0.2, -0.15) is 55.2 Å². The Balaban J connectivity index is 0.000000516. The van der Waals surface area contributed by atoms with Crippen LogP contribution in [0.5, 0.6) is 5.75 Å². The zero-order chi connectivity index (χ0) is 101. The molecule has 0 amide bonds. The Labute approximate surface area is 815 Å². The number of ether oxygens (including phenoxy) is 1. The molecule has 0 bridgehead atoms. The van der Waals surface area contributed by atoms with Crippen LogP contribution in [0, 0.1) is 124 Å². The standard InChI is InChI=1S/C14H17ClN4OS.C12H15BrN4OS.C12H15ClN4OS.C12H15N3O.C12H15N3.C11H12FN3.C10H10BrN3.C10H10ClN3/c1-19(2)10-17-14-8-11(7-13(15)12(14)9-16)18-21(20)5-3-4-6-21;2*1-17(2)8-15-12-6-9(16-19(3,4)18)5-11(13)10(12)7-14;1-9-5-11(14-8-15(2)3)10(7-13)12(6-9)16-4;1-9-5-10(2)11(7-13)12(6-9)14-8-15(3)4;1-8-4-10(12)9(6-13)11(5-8)14-7-15(2)3;2*1-14(2)7-13-10-5-3-4-9(11)8(10)6-12/h7-8,10H,3-6H2,1-2H3;2*5-6,8H,1-4H3;5-6,8H,1-4H3;5-6,8H,1-4H3;4-5,7H,1-3H3;2*3-5,7H,1-2H3. The molecule has 31 nitrogen and oxygen atoms in total. The SMILES string of the molecule is CN(C)C=Nc1cc(N=S(C)(C)=O)cc(Br)c1C#N.CN(C)C=Nc1cc(N=S(C)(C)=O)cc(Cl)c1C#N.CN(C)C=Nc1cc(N=S2(=O)CCCC2)cc(Cl)c1C#N.CN(C)C=Nc1cccc(Br)c1C#N.CN(C)C=Nc1cccc(Cl)c1C#N.COc1cc(C)cc(N=CN(C)C)c1C#N.Cc1cc(C)c(C#N)c(N=CN(C)C)c1.Cc1cc(F)c(C#N)c(N=CN(C)C)c1. The average Bonchev–Trinajstić information content (AvgIpc) is 1.82. The van der Waals surface area contributed by atoms with Gasteiger partial charge < -0.3 is 43.9 Å². The summed E-state index contributed by atoms with van der Waals surface area (Å²) in [6, 6.07) is 47.3. The highest BCUT2D eigenvalue weighted by atomic mass is 79.9. The molecule has 0 atom stereocenters. The lowest BCUT2D eigenvalue weighted by molar-refractivity contribution is 0.413. The lowest BCUT2D eigenvalue weighted by Crippen LogP contribution is -2.07. The number of aryl methyl sites for hydroxylation is 4. The van der Waals surface area contributed by atoms with Gasteiger partial charge in [0, 0.05) is 178 Å². The summed E-state index contributed by atoms with van der Waals surface area (Å²) >= 11 is 24.6. The maximum absolute atomic E-state index is 13.3. The molecule has 9 rings (SSSR count). The number of benzene rings is 8. The van der Waals surface area contributed by atoms with Crippen molar-refractivity contribution >= 4 is 209 Å². The fraction of sp³-hybridized carbons (Fsp3) is 0.312. The topological polar surface area (TPSA) is 413 Å². The molecule has 1 heterocycles. The van der Waals surface area contributed by atoms with Crippen molar-refractivity contribution in [3.05, 3.63) is 206 Å².